The highest BCUT2D eigenvalue weighted by Gasteiger charge is 2.61. The molecule has 1 amide bonds. The lowest BCUT2D eigenvalue weighted by Gasteiger charge is -2.41. The van der Waals surface area contributed by atoms with Gasteiger partial charge in [-0.05, 0) is 79.3 Å². The lowest BCUT2D eigenvalue weighted by molar-refractivity contribution is -0.236. The summed E-state index contributed by atoms with van der Waals surface area (Å²) in [5, 5.41) is 7.79. The fraction of sp³-hybridized carbons (Fsp3) is 0.471. The normalized spacial score (nSPS) is 16.3. The topological polar surface area (TPSA) is 89.1 Å². The number of methoxy groups -OCH3 is 3. The quantitative estimate of drug-likeness (QED) is 0.235. The van der Waals surface area contributed by atoms with Gasteiger partial charge in [0.1, 0.15) is 23.5 Å². The molecule has 262 valence electrons. The van der Waals surface area contributed by atoms with E-state index in [4.69, 9.17) is 9.47 Å². The number of carbonyl (C=O) groups excluding carboxylic acids is 2. The number of hydrogen-bond donors (Lipinski definition) is 2. The van der Waals surface area contributed by atoms with Crippen LogP contribution in [0.5, 0.6) is 11.5 Å². The Morgan fingerprint density at radius 2 is 1.62 bits per heavy atom. The maximum absolute atomic E-state index is 13.3. The largest absolute Gasteiger partial charge is 0.496 e. The van der Waals surface area contributed by atoms with Crippen molar-refractivity contribution in [3.63, 3.8) is 0 Å². The number of nitrogens with one attached hydrogen (secondary N) is 2. The lowest BCUT2D eigenvalue weighted by Crippen LogP contribution is -2.57. The molecule has 0 spiro atoms. The van der Waals surface area contributed by atoms with Crippen molar-refractivity contribution < 1.29 is 50.1 Å². The molecule has 2 N–H and O–H groups in total. The first-order chi connectivity index (χ1) is 22.7. The van der Waals surface area contributed by atoms with Gasteiger partial charge in [0.05, 0.1) is 33.4 Å². The maximum Gasteiger partial charge on any atom is 0.403 e. The van der Waals surface area contributed by atoms with Gasteiger partial charge >= 0.3 is 18.3 Å². The molecule has 1 fully saturated rings. The van der Waals surface area contributed by atoms with Crippen molar-refractivity contribution in [1.82, 2.24) is 15.5 Å². The minimum Gasteiger partial charge on any atom is -0.496 e. The molecule has 3 aromatic carbocycles. The first-order valence-electron chi connectivity index (χ1n) is 15.3. The van der Waals surface area contributed by atoms with Gasteiger partial charge in [0.25, 0.3) is 0 Å². The Balaban J connectivity index is 0.000000218. The van der Waals surface area contributed by atoms with Gasteiger partial charge in [-0.3, -0.25) is 14.5 Å². The number of halogens is 6. The van der Waals surface area contributed by atoms with E-state index in [1.54, 1.807) is 14.2 Å². The zero-order chi connectivity index (χ0) is 35.3. The zero-order valence-electron chi connectivity index (χ0n) is 27.2. The van der Waals surface area contributed by atoms with E-state index in [1.807, 2.05) is 5.32 Å². The first-order valence-corrected chi connectivity index (χ1v) is 15.3. The summed E-state index contributed by atoms with van der Waals surface area (Å²) in [6.07, 6.45) is -10.1. The molecule has 2 heterocycles. The van der Waals surface area contributed by atoms with Crippen molar-refractivity contribution in [2.24, 2.45) is 5.41 Å². The molecule has 2 aliphatic rings. The van der Waals surface area contributed by atoms with Crippen molar-refractivity contribution in [3.8, 4) is 22.6 Å². The van der Waals surface area contributed by atoms with Crippen molar-refractivity contribution >= 4 is 22.6 Å². The van der Waals surface area contributed by atoms with Gasteiger partial charge in [-0.15, -0.1) is 0 Å². The summed E-state index contributed by atoms with van der Waals surface area (Å²) in [5.74, 6) is -0.547. The third kappa shape index (κ3) is 7.97. The van der Waals surface area contributed by atoms with E-state index in [0.29, 0.717) is 0 Å². The maximum atomic E-state index is 13.3. The Labute approximate surface area is 274 Å². The molecule has 14 heteroatoms. The van der Waals surface area contributed by atoms with E-state index in [0.717, 1.165) is 54.1 Å². The molecule has 0 atom stereocenters. The molecule has 0 bridgehead atoms. The molecule has 0 unspecified atom stereocenters. The second-order valence-electron chi connectivity index (χ2n) is 11.8. The van der Waals surface area contributed by atoms with Gasteiger partial charge in [0.15, 0.2) is 0 Å². The number of benzene rings is 3. The molecule has 0 aliphatic carbocycles. The third-order valence-corrected chi connectivity index (χ3v) is 8.86. The van der Waals surface area contributed by atoms with Crippen LogP contribution < -0.4 is 20.1 Å². The van der Waals surface area contributed by atoms with Crippen LogP contribution in [0.3, 0.4) is 0 Å². The van der Waals surface area contributed by atoms with Crippen LogP contribution in [0.4, 0.5) is 26.3 Å². The van der Waals surface area contributed by atoms with Gasteiger partial charge in [-0.2, -0.15) is 26.3 Å². The molecular weight excluding hydrogens is 644 g/mol. The molecule has 0 radical (unpaired) electrons. The first kappa shape index (κ1) is 36.8. The number of ether oxygens (including phenoxy) is 3. The molecule has 3 aromatic rings. The van der Waals surface area contributed by atoms with Crippen LogP contribution in [0.1, 0.15) is 29.5 Å². The van der Waals surface area contributed by atoms with E-state index in [-0.39, 0.29) is 0 Å². The van der Waals surface area contributed by atoms with E-state index in [2.05, 4.69) is 59.4 Å². The average molecular weight is 684 g/mol. The van der Waals surface area contributed by atoms with Crippen molar-refractivity contribution in [3.05, 3.63) is 59.2 Å². The van der Waals surface area contributed by atoms with Gasteiger partial charge in [-0.25, -0.2) is 0 Å². The molecule has 2 aliphatic heterocycles. The number of amides is 1. The Hall–Kier alpha value is -4.04. The predicted octanol–water partition coefficient (Wildman–Crippen LogP) is 5.96. The van der Waals surface area contributed by atoms with Crippen LogP contribution in [-0.2, 0) is 27.3 Å². The van der Waals surface area contributed by atoms with Crippen LogP contribution >= 0.6 is 0 Å². The minimum absolute atomic E-state index is 0.523. The molecule has 0 aromatic heterocycles. The average Bonchev–Trinajstić information content (AvgIpc) is 3.05. The van der Waals surface area contributed by atoms with E-state index in [1.165, 1.54) is 27.5 Å². The molecule has 8 nitrogen and oxygen atoms in total. The van der Waals surface area contributed by atoms with E-state index in [9.17, 15) is 35.9 Å². The fourth-order valence-corrected chi connectivity index (χ4v) is 6.29. The Kier molecular flexibility index (Phi) is 11.5. The number of likely N-dealkylation sites (tertiary alicyclic amines) is 1. The highest BCUT2D eigenvalue weighted by molar-refractivity contribution is 6.01. The summed E-state index contributed by atoms with van der Waals surface area (Å²) in [5.41, 5.74) is 3.23. The summed E-state index contributed by atoms with van der Waals surface area (Å²) in [6, 6.07) is 15.1. The molecular formula is C34H39F6N3O5. The minimum atomic E-state index is -4.93. The number of alkyl halides is 6. The smallest absolute Gasteiger partial charge is 0.403 e. The van der Waals surface area contributed by atoms with Gasteiger partial charge < -0.3 is 24.8 Å². The molecule has 48 heavy (non-hydrogen) atoms. The summed E-state index contributed by atoms with van der Waals surface area (Å²) >= 11 is 0. The number of esters is 1. The highest BCUT2D eigenvalue weighted by atomic mass is 19.4. The second kappa shape index (κ2) is 15.0. The Morgan fingerprint density at radius 1 is 0.958 bits per heavy atom. The summed E-state index contributed by atoms with van der Waals surface area (Å²) < 4.78 is 92.6. The zero-order valence-corrected chi connectivity index (χ0v) is 27.2. The monoisotopic (exact) mass is 683 g/mol. The van der Waals surface area contributed by atoms with Crippen LogP contribution in [0.25, 0.3) is 21.9 Å². The van der Waals surface area contributed by atoms with Gasteiger partial charge in [0, 0.05) is 12.1 Å². The van der Waals surface area contributed by atoms with Crippen molar-refractivity contribution in [1.29, 1.82) is 0 Å². The number of piperidine rings is 1. The standard InChI is InChI=1S/C22H23NO2.C12H16F6N2O3/c1-14-6-4-8-17-16(14)7-5-9-18(17)21-20(24-2)12-15-10-11-23-13-19(15)22(21)25-3;1-23-8(21)6-19-9(22)10(12(16,17)18)2-4-20(5-3-10)7-11(13,14)15/h4-9,12,23H,10-11,13H2,1-3H3;2-7H2,1H3,(H,19,22). The van der Waals surface area contributed by atoms with Crippen LogP contribution in [0, 0.1) is 12.3 Å². The van der Waals surface area contributed by atoms with Crippen LogP contribution in [-0.4, -0.2) is 83.2 Å². The summed E-state index contributed by atoms with van der Waals surface area (Å²) in [6.45, 7) is 0.863. The highest BCUT2D eigenvalue weighted by Crippen LogP contribution is 2.47. The Bertz CT molecular complexity index is 1620. The Morgan fingerprint density at radius 3 is 2.23 bits per heavy atom. The number of hydrogen-bond acceptors (Lipinski definition) is 7. The van der Waals surface area contributed by atoms with Crippen LogP contribution in [0.15, 0.2) is 42.5 Å². The van der Waals surface area contributed by atoms with Crippen molar-refractivity contribution in [2.45, 2.75) is 45.1 Å². The summed E-state index contributed by atoms with van der Waals surface area (Å²) in [4.78, 5) is 23.6. The predicted molar refractivity (Wildman–Crippen MR) is 168 cm³/mol. The lowest BCUT2D eigenvalue weighted by atomic mass is 9.76. The van der Waals surface area contributed by atoms with Crippen LogP contribution in [0.2, 0.25) is 0 Å². The summed E-state index contributed by atoms with van der Waals surface area (Å²) in [7, 11) is 4.50. The molecule has 0 saturated carbocycles. The SMILES string of the molecule is COC(=O)CNC(=O)C1(C(F)(F)F)CCN(CC(F)(F)F)CC1.COc1cc2c(c(OC)c1-c1cccc3c(C)cccc13)CNCC2. The van der Waals surface area contributed by atoms with E-state index >= 15 is 0 Å². The molecule has 1 saturated heterocycles. The fourth-order valence-electron chi connectivity index (χ4n) is 6.29. The number of aryl methyl sites for hydroxylation is 1. The number of rotatable bonds is 7. The number of fused-ring (bicyclic) bond motifs is 2. The number of nitrogens with zero attached hydrogens (tertiary/aromatic N) is 1. The number of carbonyl (C=O) groups is 2. The second-order valence-corrected chi connectivity index (χ2v) is 11.8. The van der Waals surface area contributed by atoms with Gasteiger partial charge in [0.2, 0.25) is 5.91 Å². The van der Waals surface area contributed by atoms with E-state index < -0.39 is 68.7 Å². The molecule has 5 rings (SSSR count). The van der Waals surface area contributed by atoms with Gasteiger partial charge in [-0.1, -0.05) is 36.4 Å². The van der Waals surface area contributed by atoms with Crippen molar-refractivity contribution in [2.75, 3.05) is 54.1 Å². The third-order valence-electron chi connectivity index (χ3n) is 8.86.